The monoisotopic (exact) mass is 228 g/mol. The van der Waals surface area contributed by atoms with Gasteiger partial charge < -0.3 is 15.7 Å². The van der Waals surface area contributed by atoms with Crippen LogP contribution >= 0.6 is 0 Å². The summed E-state index contributed by atoms with van der Waals surface area (Å²) in [7, 11) is 0. The van der Waals surface area contributed by atoms with E-state index in [1.54, 1.807) is 0 Å². The van der Waals surface area contributed by atoms with Crippen molar-refractivity contribution in [3.05, 3.63) is 0 Å². The fourth-order valence-electron chi connectivity index (χ4n) is 2.43. The van der Waals surface area contributed by atoms with Gasteiger partial charge in [-0.1, -0.05) is 20.3 Å². The van der Waals surface area contributed by atoms with Gasteiger partial charge in [-0.25, -0.2) is 0 Å². The number of carboxylic acids is 1. The summed E-state index contributed by atoms with van der Waals surface area (Å²) < 4.78 is 0. The maximum absolute atomic E-state index is 10.8. The van der Waals surface area contributed by atoms with Gasteiger partial charge >= 0.3 is 5.97 Å². The number of hydrogen-bond acceptors (Lipinski definition) is 3. The van der Waals surface area contributed by atoms with Gasteiger partial charge in [0.2, 0.25) is 0 Å². The number of aliphatic carboxylic acids is 1. The summed E-state index contributed by atoms with van der Waals surface area (Å²) in [5, 5.41) is 8.84. The summed E-state index contributed by atoms with van der Waals surface area (Å²) in [6, 6.07) is -0.347. The van der Waals surface area contributed by atoms with Crippen molar-refractivity contribution in [3.63, 3.8) is 0 Å². The maximum atomic E-state index is 10.8. The number of hydrogen-bond donors (Lipinski definition) is 2. The highest BCUT2D eigenvalue weighted by molar-refractivity contribution is 5.73. The fourth-order valence-corrected chi connectivity index (χ4v) is 2.43. The van der Waals surface area contributed by atoms with Gasteiger partial charge in [0.05, 0.1) is 0 Å². The second-order valence-corrected chi connectivity index (χ2v) is 5.22. The molecule has 1 heterocycles. The van der Waals surface area contributed by atoms with Gasteiger partial charge in [-0.05, 0) is 31.7 Å². The number of carbonyl (C=O) groups is 1. The summed E-state index contributed by atoms with van der Waals surface area (Å²) >= 11 is 0. The first-order chi connectivity index (χ1) is 7.50. The third-order valence-electron chi connectivity index (χ3n) is 3.19. The molecule has 2 atom stereocenters. The van der Waals surface area contributed by atoms with E-state index < -0.39 is 12.0 Å². The highest BCUT2D eigenvalue weighted by Gasteiger charge is 2.26. The highest BCUT2D eigenvalue weighted by Crippen LogP contribution is 2.21. The minimum Gasteiger partial charge on any atom is -0.480 e. The summed E-state index contributed by atoms with van der Waals surface area (Å²) in [5.41, 5.74) is 5.61. The second-order valence-electron chi connectivity index (χ2n) is 5.22. The van der Waals surface area contributed by atoms with Crippen molar-refractivity contribution >= 4 is 5.97 Å². The molecule has 1 rings (SSSR count). The van der Waals surface area contributed by atoms with E-state index in [9.17, 15) is 4.79 Å². The van der Waals surface area contributed by atoms with Crippen molar-refractivity contribution in [1.82, 2.24) is 4.90 Å². The zero-order chi connectivity index (χ0) is 12.1. The molecular weight excluding hydrogens is 204 g/mol. The van der Waals surface area contributed by atoms with Gasteiger partial charge in [-0.2, -0.15) is 0 Å². The summed E-state index contributed by atoms with van der Waals surface area (Å²) in [6.45, 7) is 6.54. The van der Waals surface area contributed by atoms with E-state index in [4.69, 9.17) is 10.8 Å². The zero-order valence-electron chi connectivity index (χ0n) is 10.4. The van der Waals surface area contributed by atoms with Crippen LogP contribution in [0.1, 0.15) is 39.5 Å². The van der Waals surface area contributed by atoms with Crippen LogP contribution in [0.15, 0.2) is 0 Å². The Morgan fingerprint density at radius 3 is 2.75 bits per heavy atom. The molecule has 16 heavy (non-hydrogen) atoms. The minimum absolute atomic E-state index is 0.363. The molecule has 1 aliphatic heterocycles. The highest BCUT2D eigenvalue weighted by atomic mass is 16.4. The van der Waals surface area contributed by atoms with Crippen LogP contribution in [-0.4, -0.2) is 41.1 Å². The van der Waals surface area contributed by atoms with Crippen LogP contribution in [0.3, 0.4) is 0 Å². The summed E-state index contributed by atoms with van der Waals surface area (Å²) in [6.07, 6.45) is 4.10. The Morgan fingerprint density at radius 2 is 2.19 bits per heavy atom. The second kappa shape index (κ2) is 6.21. The lowest BCUT2D eigenvalue weighted by Crippen LogP contribution is -2.46. The normalized spacial score (nSPS) is 24.6. The van der Waals surface area contributed by atoms with Gasteiger partial charge in [-0.3, -0.25) is 4.79 Å². The number of piperidine rings is 1. The average Bonchev–Trinajstić information content (AvgIpc) is 2.20. The Morgan fingerprint density at radius 1 is 1.50 bits per heavy atom. The summed E-state index contributed by atoms with van der Waals surface area (Å²) in [4.78, 5) is 13.2. The first-order valence-corrected chi connectivity index (χ1v) is 6.23. The molecule has 1 saturated heterocycles. The van der Waals surface area contributed by atoms with E-state index >= 15 is 0 Å². The molecule has 1 fully saturated rings. The van der Waals surface area contributed by atoms with E-state index in [1.807, 2.05) is 0 Å². The average molecular weight is 228 g/mol. The van der Waals surface area contributed by atoms with E-state index in [-0.39, 0.29) is 0 Å². The largest absolute Gasteiger partial charge is 0.480 e. The standard InChI is InChI=1S/C12H24N2O2/c1-9(2)8-14-6-4-3-5-10(14)7-11(13)12(15)16/h9-11H,3-8,13H2,1-2H3,(H,15,16). The SMILES string of the molecule is CC(C)CN1CCCCC1CC(N)C(=O)O. The Balaban J connectivity index is 2.49. The van der Waals surface area contributed by atoms with Crippen LogP contribution in [0.2, 0.25) is 0 Å². The Kier molecular flexibility index (Phi) is 5.22. The van der Waals surface area contributed by atoms with Crippen molar-refractivity contribution < 1.29 is 9.90 Å². The molecule has 4 nitrogen and oxygen atoms in total. The van der Waals surface area contributed by atoms with Crippen LogP contribution in [0.25, 0.3) is 0 Å². The van der Waals surface area contributed by atoms with Crippen molar-refractivity contribution in [1.29, 1.82) is 0 Å². The van der Waals surface area contributed by atoms with Crippen LogP contribution in [0.5, 0.6) is 0 Å². The van der Waals surface area contributed by atoms with Crippen molar-refractivity contribution in [3.8, 4) is 0 Å². The van der Waals surface area contributed by atoms with E-state index in [0.29, 0.717) is 18.4 Å². The Labute approximate surface area is 97.8 Å². The molecule has 0 saturated carbocycles. The van der Waals surface area contributed by atoms with Crippen LogP contribution in [0.4, 0.5) is 0 Å². The molecule has 0 aromatic rings. The third kappa shape index (κ3) is 4.10. The van der Waals surface area contributed by atoms with E-state index in [2.05, 4.69) is 18.7 Å². The zero-order valence-corrected chi connectivity index (χ0v) is 10.4. The van der Waals surface area contributed by atoms with Crippen molar-refractivity contribution in [2.24, 2.45) is 11.7 Å². The molecule has 0 radical (unpaired) electrons. The fraction of sp³-hybridized carbons (Fsp3) is 0.917. The third-order valence-corrected chi connectivity index (χ3v) is 3.19. The topological polar surface area (TPSA) is 66.6 Å². The van der Waals surface area contributed by atoms with Crippen LogP contribution in [0, 0.1) is 5.92 Å². The van der Waals surface area contributed by atoms with Crippen molar-refractivity contribution in [2.45, 2.75) is 51.6 Å². The molecule has 3 N–H and O–H groups in total. The van der Waals surface area contributed by atoms with Gasteiger partial charge in [0.15, 0.2) is 0 Å². The molecule has 4 heteroatoms. The Bertz CT molecular complexity index is 231. The number of carboxylic acid groups (broad SMARTS) is 1. The molecule has 0 aromatic carbocycles. The molecule has 0 bridgehead atoms. The van der Waals surface area contributed by atoms with E-state index in [1.165, 1.54) is 12.8 Å². The number of nitrogens with two attached hydrogens (primary N) is 1. The lowest BCUT2D eigenvalue weighted by molar-refractivity contribution is -0.139. The quantitative estimate of drug-likeness (QED) is 0.744. The molecule has 1 aliphatic rings. The number of rotatable bonds is 5. The van der Waals surface area contributed by atoms with E-state index in [0.717, 1.165) is 19.5 Å². The molecule has 0 amide bonds. The van der Waals surface area contributed by atoms with Gasteiger partial charge in [0, 0.05) is 12.6 Å². The first kappa shape index (κ1) is 13.5. The molecule has 0 aromatic heterocycles. The molecule has 2 unspecified atom stereocenters. The van der Waals surface area contributed by atoms with Gasteiger partial charge in [-0.15, -0.1) is 0 Å². The Hall–Kier alpha value is -0.610. The van der Waals surface area contributed by atoms with Gasteiger partial charge in [0.1, 0.15) is 6.04 Å². The predicted molar refractivity (Wildman–Crippen MR) is 64.3 cm³/mol. The predicted octanol–water partition coefficient (Wildman–Crippen LogP) is 1.30. The minimum atomic E-state index is -0.880. The van der Waals surface area contributed by atoms with Crippen LogP contribution < -0.4 is 5.73 Å². The van der Waals surface area contributed by atoms with Crippen LogP contribution in [-0.2, 0) is 4.79 Å². The summed E-state index contributed by atoms with van der Waals surface area (Å²) in [5.74, 6) is -0.253. The first-order valence-electron chi connectivity index (χ1n) is 6.23. The maximum Gasteiger partial charge on any atom is 0.320 e. The smallest absolute Gasteiger partial charge is 0.320 e. The lowest BCUT2D eigenvalue weighted by Gasteiger charge is -2.37. The van der Waals surface area contributed by atoms with Gasteiger partial charge in [0.25, 0.3) is 0 Å². The van der Waals surface area contributed by atoms with Crippen molar-refractivity contribution in [2.75, 3.05) is 13.1 Å². The lowest BCUT2D eigenvalue weighted by atomic mass is 9.95. The molecular formula is C12H24N2O2. The molecule has 0 aliphatic carbocycles. The molecule has 0 spiro atoms. The number of likely N-dealkylation sites (tertiary alicyclic amines) is 1. The molecule has 94 valence electrons. The number of nitrogens with zero attached hydrogens (tertiary/aromatic N) is 1.